The van der Waals surface area contributed by atoms with Crippen molar-refractivity contribution in [3.8, 4) is 11.3 Å². The van der Waals surface area contributed by atoms with E-state index in [1.165, 1.54) is 0 Å². The van der Waals surface area contributed by atoms with Crippen LogP contribution in [0.4, 0.5) is 5.69 Å². The Bertz CT molecular complexity index is 844. The molecule has 0 fully saturated rings. The zero-order valence-corrected chi connectivity index (χ0v) is 14.1. The van der Waals surface area contributed by atoms with Crippen LogP contribution in [-0.4, -0.2) is 10.9 Å². The highest BCUT2D eigenvalue weighted by molar-refractivity contribution is 6.31. The minimum absolute atomic E-state index is 0.122. The molecule has 1 N–H and O–H groups in total. The van der Waals surface area contributed by atoms with Crippen molar-refractivity contribution in [2.24, 2.45) is 0 Å². The fraction of sp³-hybridized carbons (Fsp3) is 0.111. The third-order valence-electron chi connectivity index (χ3n) is 3.36. The van der Waals surface area contributed by atoms with Crippen LogP contribution in [0.5, 0.6) is 0 Å². The molecule has 6 heteroatoms. The van der Waals surface area contributed by atoms with Gasteiger partial charge in [-0.15, -0.1) is 0 Å². The molecule has 0 aliphatic rings. The number of aromatic nitrogens is 1. The van der Waals surface area contributed by atoms with Crippen LogP contribution in [0.1, 0.15) is 12.3 Å². The zero-order valence-electron chi connectivity index (χ0n) is 12.6. The first kappa shape index (κ1) is 16.6. The number of rotatable bonds is 5. The molecule has 0 atom stereocenters. The Morgan fingerprint density at radius 2 is 1.88 bits per heavy atom. The number of anilines is 1. The third-order valence-corrected chi connectivity index (χ3v) is 3.84. The van der Waals surface area contributed by atoms with Crippen molar-refractivity contribution in [3.63, 3.8) is 0 Å². The molecule has 0 aliphatic heterocycles. The van der Waals surface area contributed by atoms with Crippen molar-refractivity contribution in [1.29, 1.82) is 0 Å². The fourth-order valence-corrected chi connectivity index (χ4v) is 2.50. The van der Waals surface area contributed by atoms with Gasteiger partial charge in [-0.05, 0) is 42.5 Å². The number of carbonyl (C=O) groups excluding carboxylic acids is 1. The quantitative estimate of drug-likeness (QED) is 0.678. The van der Waals surface area contributed by atoms with E-state index in [4.69, 9.17) is 27.6 Å². The number of hydrogen-bond donors (Lipinski definition) is 1. The molecule has 0 saturated heterocycles. The molecule has 1 aromatic heterocycles. The smallest absolute Gasteiger partial charge is 0.224 e. The molecule has 4 nitrogen and oxygen atoms in total. The Kier molecular flexibility index (Phi) is 5.18. The first-order valence-corrected chi connectivity index (χ1v) is 8.12. The summed E-state index contributed by atoms with van der Waals surface area (Å²) in [5.41, 5.74) is 1.56. The molecular weight excluding hydrogens is 347 g/mol. The molecule has 0 bridgehead atoms. The molecule has 0 aliphatic carbocycles. The normalized spacial score (nSPS) is 10.6. The van der Waals surface area contributed by atoms with Crippen LogP contribution in [0.3, 0.4) is 0 Å². The standard InChI is InChI=1S/C18H14Cl2N2O2/c19-13-6-4-12(5-7-13)16-11-21-18(24-16)9-8-17(23)22-15-3-1-2-14(20)10-15/h1-7,10-11H,8-9H2,(H,22,23). The van der Waals surface area contributed by atoms with E-state index < -0.39 is 0 Å². The summed E-state index contributed by atoms with van der Waals surface area (Å²) in [6, 6.07) is 14.3. The van der Waals surface area contributed by atoms with E-state index in [9.17, 15) is 4.79 Å². The number of nitrogens with one attached hydrogen (secondary N) is 1. The van der Waals surface area contributed by atoms with E-state index in [1.807, 2.05) is 12.1 Å². The molecule has 122 valence electrons. The monoisotopic (exact) mass is 360 g/mol. The fourth-order valence-electron chi connectivity index (χ4n) is 2.18. The number of aryl methyl sites for hydroxylation is 1. The van der Waals surface area contributed by atoms with Gasteiger partial charge in [0.1, 0.15) is 0 Å². The highest BCUT2D eigenvalue weighted by atomic mass is 35.5. The summed E-state index contributed by atoms with van der Waals surface area (Å²) in [4.78, 5) is 16.2. The first-order chi connectivity index (χ1) is 11.6. The summed E-state index contributed by atoms with van der Waals surface area (Å²) in [6.07, 6.45) is 2.33. The summed E-state index contributed by atoms with van der Waals surface area (Å²) in [7, 11) is 0. The first-order valence-electron chi connectivity index (χ1n) is 7.36. The van der Waals surface area contributed by atoms with Gasteiger partial charge in [-0.25, -0.2) is 4.98 Å². The maximum atomic E-state index is 12.0. The van der Waals surface area contributed by atoms with Crippen molar-refractivity contribution in [2.75, 3.05) is 5.32 Å². The van der Waals surface area contributed by atoms with Gasteiger partial charge in [0.2, 0.25) is 5.91 Å². The number of carbonyl (C=O) groups is 1. The number of amides is 1. The summed E-state index contributed by atoms with van der Waals surface area (Å²) in [6.45, 7) is 0. The Hall–Kier alpha value is -2.30. The Balaban J connectivity index is 1.57. The van der Waals surface area contributed by atoms with Crippen LogP contribution in [0.25, 0.3) is 11.3 Å². The van der Waals surface area contributed by atoms with Crippen LogP contribution < -0.4 is 5.32 Å². The average Bonchev–Trinajstić information content (AvgIpc) is 3.03. The van der Waals surface area contributed by atoms with Crippen LogP contribution in [0.15, 0.2) is 59.1 Å². The summed E-state index contributed by atoms with van der Waals surface area (Å²) < 4.78 is 5.67. The molecule has 1 heterocycles. The van der Waals surface area contributed by atoms with E-state index in [0.29, 0.717) is 33.8 Å². The number of halogens is 2. The van der Waals surface area contributed by atoms with Crippen LogP contribution in [0, 0.1) is 0 Å². The minimum atomic E-state index is -0.122. The molecule has 0 spiro atoms. The van der Waals surface area contributed by atoms with E-state index >= 15 is 0 Å². The Morgan fingerprint density at radius 1 is 1.08 bits per heavy atom. The van der Waals surface area contributed by atoms with Gasteiger partial charge in [-0.3, -0.25) is 4.79 Å². The summed E-state index contributed by atoms with van der Waals surface area (Å²) in [5.74, 6) is 1.04. The van der Waals surface area contributed by atoms with Gasteiger partial charge in [-0.2, -0.15) is 0 Å². The van der Waals surface area contributed by atoms with Gasteiger partial charge >= 0.3 is 0 Å². The van der Waals surface area contributed by atoms with E-state index in [-0.39, 0.29) is 12.3 Å². The maximum Gasteiger partial charge on any atom is 0.224 e. The second-order valence-corrected chi connectivity index (χ2v) is 6.06. The van der Waals surface area contributed by atoms with Crippen LogP contribution in [-0.2, 0) is 11.2 Å². The van der Waals surface area contributed by atoms with Gasteiger partial charge in [0.25, 0.3) is 0 Å². The molecule has 0 saturated carbocycles. The van der Waals surface area contributed by atoms with Crippen molar-refractivity contribution in [3.05, 3.63) is 70.7 Å². The second kappa shape index (κ2) is 7.51. The Labute approximate surface area is 149 Å². The van der Waals surface area contributed by atoms with Crippen molar-refractivity contribution >= 4 is 34.8 Å². The molecule has 3 rings (SSSR count). The van der Waals surface area contributed by atoms with E-state index in [1.54, 1.807) is 42.6 Å². The predicted molar refractivity (Wildman–Crippen MR) is 95.4 cm³/mol. The third kappa shape index (κ3) is 4.37. The lowest BCUT2D eigenvalue weighted by Gasteiger charge is -2.04. The van der Waals surface area contributed by atoms with Gasteiger partial charge < -0.3 is 9.73 Å². The predicted octanol–water partition coefficient (Wildman–Crippen LogP) is 5.22. The molecule has 24 heavy (non-hydrogen) atoms. The number of benzene rings is 2. The maximum absolute atomic E-state index is 12.0. The highest BCUT2D eigenvalue weighted by Gasteiger charge is 2.09. The average molecular weight is 361 g/mol. The number of hydrogen-bond acceptors (Lipinski definition) is 3. The number of nitrogens with zero attached hydrogens (tertiary/aromatic N) is 1. The van der Waals surface area contributed by atoms with Gasteiger partial charge in [0.05, 0.1) is 6.20 Å². The van der Waals surface area contributed by atoms with Gasteiger partial charge in [0.15, 0.2) is 11.7 Å². The molecular formula is C18H14Cl2N2O2. The summed E-state index contributed by atoms with van der Waals surface area (Å²) >= 11 is 11.8. The topological polar surface area (TPSA) is 55.1 Å². The lowest BCUT2D eigenvalue weighted by Crippen LogP contribution is -2.12. The van der Waals surface area contributed by atoms with Gasteiger partial charge in [0, 0.05) is 34.1 Å². The largest absolute Gasteiger partial charge is 0.441 e. The van der Waals surface area contributed by atoms with Crippen LogP contribution >= 0.6 is 23.2 Å². The van der Waals surface area contributed by atoms with Crippen molar-refractivity contribution < 1.29 is 9.21 Å². The lowest BCUT2D eigenvalue weighted by atomic mass is 10.2. The Morgan fingerprint density at radius 3 is 2.62 bits per heavy atom. The van der Waals surface area contributed by atoms with Crippen molar-refractivity contribution in [2.45, 2.75) is 12.8 Å². The SMILES string of the molecule is O=C(CCc1ncc(-c2ccc(Cl)cc2)o1)Nc1cccc(Cl)c1. The van der Waals surface area contributed by atoms with E-state index in [0.717, 1.165) is 5.56 Å². The molecule has 2 aromatic carbocycles. The molecule has 0 radical (unpaired) electrons. The second-order valence-electron chi connectivity index (χ2n) is 5.18. The summed E-state index contributed by atoms with van der Waals surface area (Å²) in [5, 5.41) is 4.03. The highest BCUT2D eigenvalue weighted by Crippen LogP contribution is 2.23. The van der Waals surface area contributed by atoms with Gasteiger partial charge in [-0.1, -0.05) is 29.3 Å². The zero-order chi connectivity index (χ0) is 16.9. The van der Waals surface area contributed by atoms with Crippen LogP contribution in [0.2, 0.25) is 10.0 Å². The molecule has 1 amide bonds. The lowest BCUT2D eigenvalue weighted by molar-refractivity contribution is -0.116. The minimum Gasteiger partial charge on any atom is -0.441 e. The van der Waals surface area contributed by atoms with Crippen molar-refractivity contribution in [1.82, 2.24) is 4.98 Å². The molecule has 3 aromatic rings. The number of oxazole rings is 1. The van der Waals surface area contributed by atoms with E-state index in [2.05, 4.69) is 10.3 Å². The molecule has 0 unspecified atom stereocenters.